The number of benzene rings is 3. The first-order valence-corrected chi connectivity index (χ1v) is 14.8. The summed E-state index contributed by atoms with van der Waals surface area (Å²) in [6, 6.07) is 33.3. The molecule has 0 aliphatic rings. The van der Waals surface area contributed by atoms with Crippen LogP contribution in [0.15, 0.2) is 121 Å². The molecule has 3 aromatic carbocycles. The fraction of sp³-hybridized carbons (Fsp3) is 0.0588. The van der Waals surface area contributed by atoms with E-state index >= 15 is 0 Å². The quantitative estimate of drug-likeness (QED) is 0.122. The normalized spacial score (nSPS) is 11.9. The van der Waals surface area contributed by atoms with Crippen LogP contribution in [0.4, 0.5) is 23.3 Å². The van der Waals surface area contributed by atoms with Gasteiger partial charge in [0.05, 0.1) is 0 Å². The Labute approximate surface area is 274 Å². The van der Waals surface area contributed by atoms with E-state index in [1.54, 1.807) is 103 Å². The molecule has 10 nitrogen and oxygen atoms in total. The minimum Gasteiger partial charge on any atom is -0.309 e. The molecule has 0 spiro atoms. The van der Waals surface area contributed by atoms with E-state index in [9.17, 15) is 19.2 Å². The van der Waals surface area contributed by atoms with Crippen LogP contribution in [0.5, 0.6) is 0 Å². The summed E-state index contributed by atoms with van der Waals surface area (Å²) in [6.07, 6.45) is 0. The van der Waals surface area contributed by atoms with Crippen LogP contribution in [0.2, 0.25) is 0 Å². The predicted octanol–water partition coefficient (Wildman–Crippen LogP) is 6.82. The molecule has 0 radical (unpaired) electrons. The first-order chi connectivity index (χ1) is 22.3. The highest BCUT2D eigenvalue weighted by atomic mass is 35.5. The minimum absolute atomic E-state index is 0.179. The van der Waals surface area contributed by atoms with Gasteiger partial charge in [-0.1, -0.05) is 78.9 Å². The highest BCUT2D eigenvalue weighted by molar-refractivity contribution is 6.33. The maximum atomic E-state index is 13.0. The van der Waals surface area contributed by atoms with Gasteiger partial charge in [0.15, 0.2) is 0 Å². The van der Waals surface area contributed by atoms with Crippen molar-refractivity contribution >= 4 is 70.1 Å². The number of hydrogen-bond donors (Lipinski definition) is 4. The zero-order valence-corrected chi connectivity index (χ0v) is 25.5. The van der Waals surface area contributed by atoms with Crippen molar-refractivity contribution < 1.29 is 19.2 Å². The maximum absolute atomic E-state index is 13.0. The number of nitrogens with zero attached hydrogens (tertiary/aromatic N) is 2. The number of nitrogens with one attached hydrogen (secondary N) is 4. The number of pyridine rings is 2. The van der Waals surface area contributed by atoms with E-state index in [1.165, 1.54) is 6.07 Å². The van der Waals surface area contributed by atoms with Crippen molar-refractivity contribution in [3.05, 3.63) is 144 Å². The third-order valence-electron chi connectivity index (χ3n) is 6.52. The molecule has 5 aromatic rings. The summed E-state index contributed by atoms with van der Waals surface area (Å²) in [4.78, 5) is 59.8. The van der Waals surface area contributed by atoms with Crippen molar-refractivity contribution in [1.29, 1.82) is 0 Å². The van der Waals surface area contributed by atoms with Crippen molar-refractivity contribution in [1.82, 2.24) is 9.97 Å². The largest absolute Gasteiger partial charge is 0.309 e. The summed E-state index contributed by atoms with van der Waals surface area (Å²) in [5.74, 6) is -1.24. The number of carbonyl (C=O) groups excluding carboxylic acids is 4. The van der Waals surface area contributed by atoms with E-state index in [0.29, 0.717) is 11.1 Å². The average Bonchev–Trinajstić information content (AvgIpc) is 3.08. The van der Waals surface area contributed by atoms with Crippen molar-refractivity contribution in [2.45, 2.75) is 10.8 Å². The van der Waals surface area contributed by atoms with Gasteiger partial charge in [0.25, 0.3) is 11.8 Å². The van der Waals surface area contributed by atoms with Crippen LogP contribution >= 0.6 is 23.2 Å². The van der Waals surface area contributed by atoms with Crippen molar-refractivity contribution in [3.8, 4) is 0 Å². The molecular formula is C34H26Cl2N6O4. The van der Waals surface area contributed by atoms with Crippen LogP contribution in [-0.2, 0) is 9.59 Å². The van der Waals surface area contributed by atoms with Gasteiger partial charge in [-0.25, -0.2) is 9.97 Å². The lowest BCUT2D eigenvalue weighted by Crippen LogP contribution is -2.19. The van der Waals surface area contributed by atoms with Gasteiger partial charge in [-0.2, -0.15) is 0 Å². The standard InChI is InChI=1S/C34H26Cl2N6O4/c35-29(21-10-3-1-4-11-21)33(45)41-27-18-8-16-25(37-27)39-31(43)23-14-7-15-24(20-23)32(44)40-26-17-9-19-28(38-26)42-34(46)30(36)22-12-5-2-6-13-22/h1-20,29-30H,(H2,37,39,41,43,45)(H2,38,40,42,44,46). The lowest BCUT2D eigenvalue weighted by atomic mass is 10.1. The Hall–Kier alpha value is -5.58. The highest BCUT2D eigenvalue weighted by Crippen LogP contribution is 2.24. The topological polar surface area (TPSA) is 142 Å². The molecule has 0 bridgehead atoms. The molecule has 0 fully saturated rings. The molecular weight excluding hydrogens is 627 g/mol. The number of anilines is 4. The molecule has 46 heavy (non-hydrogen) atoms. The zero-order chi connectivity index (χ0) is 32.5. The first kappa shape index (κ1) is 31.8. The maximum Gasteiger partial charge on any atom is 0.256 e. The molecule has 0 aliphatic heterocycles. The Kier molecular flexibility index (Phi) is 10.3. The molecule has 2 atom stereocenters. The fourth-order valence-corrected chi connectivity index (χ4v) is 4.65. The van der Waals surface area contributed by atoms with E-state index in [1.807, 2.05) is 12.1 Å². The number of halogens is 2. The molecule has 12 heteroatoms. The fourth-order valence-electron chi connectivity index (χ4n) is 4.25. The lowest BCUT2D eigenvalue weighted by molar-refractivity contribution is -0.116. The molecule has 4 amide bonds. The Morgan fingerprint density at radius 1 is 0.457 bits per heavy atom. The van der Waals surface area contributed by atoms with E-state index in [4.69, 9.17) is 23.2 Å². The van der Waals surface area contributed by atoms with E-state index in [2.05, 4.69) is 31.2 Å². The molecule has 5 rings (SSSR count). The molecule has 230 valence electrons. The third-order valence-corrected chi connectivity index (χ3v) is 7.42. The number of rotatable bonds is 10. The first-order valence-electron chi connectivity index (χ1n) is 13.9. The van der Waals surface area contributed by atoms with E-state index in [-0.39, 0.29) is 34.4 Å². The van der Waals surface area contributed by atoms with Crippen LogP contribution in [-0.4, -0.2) is 33.6 Å². The van der Waals surface area contributed by atoms with E-state index < -0.39 is 34.4 Å². The Balaban J connectivity index is 1.20. The Morgan fingerprint density at radius 2 is 0.804 bits per heavy atom. The molecule has 2 unspecified atom stereocenters. The van der Waals surface area contributed by atoms with Gasteiger partial charge in [-0.05, 0) is 53.6 Å². The second-order valence-electron chi connectivity index (χ2n) is 9.83. The number of carbonyl (C=O) groups is 4. The lowest BCUT2D eigenvalue weighted by Gasteiger charge is -2.12. The number of hydrogen-bond acceptors (Lipinski definition) is 6. The Morgan fingerprint density at radius 3 is 1.20 bits per heavy atom. The van der Waals surface area contributed by atoms with Gasteiger partial charge < -0.3 is 21.3 Å². The minimum atomic E-state index is -0.927. The van der Waals surface area contributed by atoms with Crippen molar-refractivity contribution in [2.24, 2.45) is 0 Å². The van der Waals surface area contributed by atoms with Gasteiger partial charge in [0, 0.05) is 11.1 Å². The predicted molar refractivity (Wildman–Crippen MR) is 178 cm³/mol. The summed E-state index contributed by atoms with van der Waals surface area (Å²) in [5.41, 5.74) is 1.65. The van der Waals surface area contributed by atoms with Crippen molar-refractivity contribution in [2.75, 3.05) is 21.3 Å². The number of amides is 4. The molecule has 0 saturated heterocycles. The second-order valence-corrected chi connectivity index (χ2v) is 10.7. The third kappa shape index (κ3) is 8.32. The highest BCUT2D eigenvalue weighted by Gasteiger charge is 2.20. The summed E-state index contributed by atoms with van der Waals surface area (Å²) >= 11 is 12.6. The van der Waals surface area contributed by atoms with Crippen LogP contribution < -0.4 is 21.3 Å². The SMILES string of the molecule is O=C(Nc1cccc(NC(=O)C(Cl)c2ccccc2)n1)c1cccc(C(=O)Nc2cccc(NC(=O)C(Cl)c3ccccc3)n2)c1. The second kappa shape index (κ2) is 14.9. The molecule has 2 aromatic heterocycles. The summed E-state index contributed by atoms with van der Waals surface area (Å²) in [5, 5.41) is 8.77. The molecule has 0 aliphatic carbocycles. The summed E-state index contributed by atoms with van der Waals surface area (Å²) in [7, 11) is 0. The van der Waals surface area contributed by atoms with Gasteiger partial charge in [0.1, 0.15) is 34.0 Å². The van der Waals surface area contributed by atoms with Crippen LogP contribution in [0.25, 0.3) is 0 Å². The van der Waals surface area contributed by atoms with Gasteiger partial charge >= 0.3 is 0 Å². The molecule has 2 heterocycles. The number of alkyl halides is 2. The average molecular weight is 654 g/mol. The summed E-state index contributed by atoms with van der Waals surface area (Å²) in [6.45, 7) is 0. The van der Waals surface area contributed by atoms with Crippen LogP contribution in [0.3, 0.4) is 0 Å². The number of aromatic nitrogens is 2. The van der Waals surface area contributed by atoms with E-state index in [0.717, 1.165) is 0 Å². The van der Waals surface area contributed by atoms with Crippen LogP contribution in [0, 0.1) is 0 Å². The smallest absolute Gasteiger partial charge is 0.256 e. The van der Waals surface area contributed by atoms with Gasteiger partial charge in [-0.3, -0.25) is 19.2 Å². The Bertz CT molecular complexity index is 1740. The van der Waals surface area contributed by atoms with Gasteiger partial charge in [0.2, 0.25) is 11.8 Å². The zero-order valence-electron chi connectivity index (χ0n) is 24.0. The molecule has 4 N–H and O–H groups in total. The van der Waals surface area contributed by atoms with Gasteiger partial charge in [-0.15, -0.1) is 23.2 Å². The monoisotopic (exact) mass is 652 g/mol. The summed E-state index contributed by atoms with van der Waals surface area (Å²) < 4.78 is 0. The molecule has 0 saturated carbocycles. The van der Waals surface area contributed by atoms with Crippen molar-refractivity contribution in [3.63, 3.8) is 0 Å². The van der Waals surface area contributed by atoms with Crippen LogP contribution in [0.1, 0.15) is 42.6 Å².